The molecule has 62 heavy (non-hydrogen) atoms. The molecular formula is C47H76N2O13. The Labute approximate surface area is 369 Å². The summed E-state index contributed by atoms with van der Waals surface area (Å²) < 4.78 is 42.5. The highest BCUT2D eigenvalue weighted by Gasteiger charge is 2.48. The average Bonchev–Trinajstić information content (AvgIpc) is 3.24. The van der Waals surface area contributed by atoms with Crippen molar-refractivity contribution >= 4 is 11.8 Å². The summed E-state index contributed by atoms with van der Waals surface area (Å²) >= 11 is 0. The van der Waals surface area contributed by atoms with Crippen LogP contribution in [0.25, 0.3) is 0 Å². The number of carbonyl (C=O) groups is 2. The average molecular weight is 877 g/mol. The van der Waals surface area contributed by atoms with Crippen molar-refractivity contribution in [1.82, 2.24) is 10.2 Å². The van der Waals surface area contributed by atoms with E-state index < -0.39 is 103 Å². The van der Waals surface area contributed by atoms with E-state index in [0.717, 1.165) is 18.5 Å². The maximum Gasteiger partial charge on any atom is 0.308 e. The first kappa shape index (κ1) is 52.0. The van der Waals surface area contributed by atoms with Gasteiger partial charge in [-0.1, -0.05) is 68.8 Å². The second-order valence-electron chi connectivity index (χ2n) is 17.7. The summed E-state index contributed by atoms with van der Waals surface area (Å²) in [7, 11) is 6.50. The van der Waals surface area contributed by atoms with Crippen molar-refractivity contribution in [2.45, 2.75) is 153 Å². The molecule has 0 aliphatic carbocycles. The Hall–Kier alpha value is -2.64. The number of cyclic esters (lactones) is 1. The second kappa shape index (κ2) is 25.2. The Bertz CT molecular complexity index is 1560. The number of carbonyl (C=O) groups excluding carboxylic acids is 2. The molecule has 3 aliphatic heterocycles. The summed E-state index contributed by atoms with van der Waals surface area (Å²) in [5.74, 6) is -2.71. The van der Waals surface area contributed by atoms with Gasteiger partial charge >= 0.3 is 5.97 Å². The van der Waals surface area contributed by atoms with E-state index in [1.165, 1.54) is 19.8 Å². The molecule has 0 spiro atoms. The molecule has 352 valence electrons. The predicted molar refractivity (Wildman–Crippen MR) is 233 cm³/mol. The predicted octanol–water partition coefficient (Wildman–Crippen LogP) is 3.20. The number of aliphatic hydroxyl groups excluding tert-OH is 4. The maximum atomic E-state index is 13.9. The van der Waals surface area contributed by atoms with Crippen LogP contribution in [0.5, 0.6) is 0 Å². The van der Waals surface area contributed by atoms with Crippen molar-refractivity contribution in [3.8, 4) is 0 Å². The van der Waals surface area contributed by atoms with Crippen LogP contribution in [-0.2, 0) is 49.2 Å². The number of hydrogen-bond donors (Lipinski definition) is 5. The summed E-state index contributed by atoms with van der Waals surface area (Å²) in [5.41, 5.74) is 1.95. The molecule has 0 radical (unpaired) electrons. The molecule has 15 nitrogen and oxygen atoms in total. The van der Waals surface area contributed by atoms with Gasteiger partial charge in [-0.25, -0.2) is 0 Å². The molecule has 5 N–H and O–H groups in total. The van der Waals surface area contributed by atoms with Gasteiger partial charge < -0.3 is 63.8 Å². The Kier molecular flexibility index (Phi) is 21.1. The van der Waals surface area contributed by atoms with E-state index in [0.29, 0.717) is 25.8 Å². The summed E-state index contributed by atoms with van der Waals surface area (Å²) in [5, 5.41) is 48.7. The molecular weight excluding hydrogens is 801 g/mol. The zero-order valence-corrected chi connectivity index (χ0v) is 38.5. The van der Waals surface area contributed by atoms with Crippen LogP contribution < -0.4 is 5.32 Å². The number of ether oxygens (including phenoxy) is 7. The highest BCUT2D eigenvalue weighted by atomic mass is 16.7. The molecule has 2 fully saturated rings. The van der Waals surface area contributed by atoms with Crippen molar-refractivity contribution in [1.29, 1.82) is 0 Å². The SMILES string of the molecule is CC[C@H]1OC(=O)C[C@@H](O)[C@H](C)[C@@H](O[C@@H]2O[C@H](C)[C@@H](O)[C@H](N(C)C)[C@H]2O)[C@@H](CCNCCc2ccccc2)C[C@@H](C)C(=O)/C=C/C(C)=C/[C@@H]1CO[C@@H]1O[C@H](C)[C@@H](O)[C@@H](OC)[C@H]1OC. The lowest BCUT2D eigenvalue weighted by Gasteiger charge is -2.46. The minimum absolute atomic E-state index is 0.0335. The molecule has 0 saturated carbocycles. The molecule has 15 heteroatoms. The Morgan fingerprint density at radius 3 is 2.15 bits per heavy atom. The van der Waals surface area contributed by atoms with E-state index in [1.807, 2.05) is 45.0 Å². The molecule has 0 amide bonds. The van der Waals surface area contributed by atoms with Gasteiger partial charge in [-0.3, -0.25) is 9.59 Å². The fourth-order valence-electron chi connectivity index (χ4n) is 8.98. The third kappa shape index (κ3) is 14.2. The first-order chi connectivity index (χ1) is 29.5. The summed E-state index contributed by atoms with van der Waals surface area (Å²) in [4.78, 5) is 29.5. The van der Waals surface area contributed by atoms with Crippen molar-refractivity contribution in [3.63, 3.8) is 0 Å². The first-order valence-corrected chi connectivity index (χ1v) is 22.4. The van der Waals surface area contributed by atoms with Gasteiger partial charge in [0, 0.05) is 32.0 Å². The Morgan fingerprint density at radius 1 is 0.839 bits per heavy atom. The van der Waals surface area contributed by atoms with E-state index in [2.05, 4.69) is 17.4 Å². The Balaban J connectivity index is 1.65. The number of nitrogens with zero attached hydrogens (tertiary/aromatic N) is 1. The van der Waals surface area contributed by atoms with Crippen LogP contribution in [0.15, 0.2) is 54.1 Å². The third-order valence-corrected chi connectivity index (χ3v) is 12.8. The van der Waals surface area contributed by atoms with Gasteiger partial charge in [0.2, 0.25) is 0 Å². The van der Waals surface area contributed by atoms with Gasteiger partial charge in [0.05, 0.1) is 49.6 Å². The van der Waals surface area contributed by atoms with Crippen LogP contribution in [-0.4, -0.2) is 165 Å². The minimum atomic E-state index is -1.25. The zero-order chi connectivity index (χ0) is 45.7. The van der Waals surface area contributed by atoms with E-state index in [1.54, 1.807) is 51.9 Å². The zero-order valence-electron chi connectivity index (χ0n) is 38.5. The standard InChI is InChI=1S/C47H76N2O13/c1-11-37-34(26-58-47-45(57-10)44(56-9)41(54)31(6)60-47)23-27(2)17-18-35(50)28(3)24-33(20-22-48-21-19-32-15-13-12-14-16-32)43(29(4)36(51)25-38(52)61-37)62-46-42(55)39(49(7)8)40(53)30(5)59-46/h12-18,23,28-31,33-34,36-37,39-48,51,53-55H,11,19-22,24-26H2,1-10H3/b18-17+,27-23+/t28-,29+,30-,31-,33+,34-,36-,37-,39+,40-,41-,42-,43-,44-,45-,46+,47-/m1/s1. The molecule has 1 aromatic carbocycles. The second-order valence-corrected chi connectivity index (χ2v) is 17.7. The fourth-order valence-corrected chi connectivity index (χ4v) is 8.98. The lowest BCUT2D eigenvalue weighted by atomic mass is 9.79. The number of methoxy groups -OCH3 is 2. The molecule has 3 heterocycles. The van der Waals surface area contributed by atoms with Crippen LogP contribution in [0.4, 0.5) is 0 Å². The number of allylic oxidation sites excluding steroid dienone is 3. The summed E-state index contributed by atoms with van der Waals surface area (Å²) in [6.45, 7) is 12.2. The number of likely N-dealkylation sites (N-methyl/N-ethyl adjacent to an activating group) is 1. The van der Waals surface area contributed by atoms with E-state index in [9.17, 15) is 30.0 Å². The molecule has 0 bridgehead atoms. The number of nitrogens with one attached hydrogen (secondary N) is 1. The van der Waals surface area contributed by atoms with E-state index in [-0.39, 0.29) is 24.7 Å². The molecule has 0 unspecified atom stereocenters. The van der Waals surface area contributed by atoms with Gasteiger partial charge in [-0.2, -0.15) is 0 Å². The normalized spacial score (nSPS) is 39.5. The maximum absolute atomic E-state index is 13.9. The number of esters is 1. The fraction of sp³-hybridized carbons (Fsp3) is 0.745. The van der Waals surface area contributed by atoms with Gasteiger partial charge in [-0.15, -0.1) is 0 Å². The van der Waals surface area contributed by atoms with Crippen molar-refractivity contribution in [3.05, 3.63) is 59.7 Å². The van der Waals surface area contributed by atoms with Crippen LogP contribution in [0.1, 0.15) is 72.8 Å². The van der Waals surface area contributed by atoms with Crippen LogP contribution in [0.2, 0.25) is 0 Å². The van der Waals surface area contributed by atoms with Crippen LogP contribution >= 0.6 is 0 Å². The van der Waals surface area contributed by atoms with Gasteiger partial charge in [0.25, 0.3) is 0 Å². The summed E-state index contributed by atoms with van der Waals surface area (Å²) in [6.07, 6.45) is -3.68. The smallest absolute Gasteiger partial charge is 0.308 e. The largest absolute Gasteiger partial charge is 0.462 e. The summed E-state index contributed by atoms with van der Waals surface area (Å²) in [6, 6.07) is 9.47. The number of rotatable bonds is 15. The lowest BCUT2D eigenvalue weighted by molar-refractivity contribution is -0.304. The number of benzene rings is 1. The highest BCUT2D eigenvalue weighted by molar-refractivity contribution is 5.91. The lowest BCUT2D eigenvalue weighted by Crippen LogP contribution is -2.63. The number of ketones is 1. The van der Waals surface area contributed by atoms with Crippen molar-refractivity contribution in [2.75, 3.05) is 48.0 Å². The van der Waals surface area contributed by atoms with E-state index >= 15 is 0 Å². The first-order valence-electron chi connectivity index (χ1n) is 22.4. The minimum Gasteiger partial charge on any atom is -0.462 e. The molecule has 17 atom stereocenters. The van der Waals surface area contributed by atoms with Crippen molar-refractivity contribution < 1.29 is 63.2 Å². The number of hydrogen-bond acceptors (Lipinski definition) is 15. The number of aliphatic hydroxyl groups is 4. The van der Waals surface area contributed by atoms with Gasteiger partial charge in [-0.05, 0) is 91.2 Å². The molecule has 4 rings (SSSR count). The third-order valence-electron chi connectivity index (χ3n) is 12.8. The van der Waals surface area contributed by atoms with Gasteiger partial charge in [0.15, 0.2) is 18.4 Å². The van der Waals surface area contributed by atoms with Crippen molar-refractivity contribution in [2.24, 2.45) is 23.7 Å². The van der Waals surface area contributed by atoms with Gasteiger partial charge in [0.1, 0.15) is 30.5 Å². The monoisotopic (exact) mass is 877 g/mol. The highest BCUT2D eigenvalue weighted by Crippen LogP contribution is 2.35. The quantitative estimate of drug-likeness (QED) is 0.127. The van der Waals surface area contributed by atoms with Crippen LogP contribution in [0.3, 0.4) is 0 Å². The van der Waals surface area contributed by atoms with E-state index in [4.69, 9.17) is 33.2 Å². The molecule has 1 aromatic rings. The molecule has 3 aliphatic rings. The molecule has 2 saturated heterocycles. The Morgan fingerprint density at radius 2 is 1.50 bits per heavy atom. The topological polar surface area (TPSA) is 195 Å². The van der Waals surface area contributed by atoms with Crippen LogP contribution in [0, 0.1) is 23.7 Å². The molecule has 0 aromatic heterocycles.